The minimum absolute atomic E-state index is 0.00786. The molecule has 1 aliphatic rings. The number of hydrogen-bond acceptors (Lipinski definition) is 3. The van der Waals surface area contributed by atoms with Crippen molar-refractivity contribution in [3.63, 3.8) is 0 Å². The summed E-state index contributed by atoms with van der Waals surface area (Å²) in [5.41, 5.74) is 2.50. The van der Waals surface area contributed by atoms with Gasteiger partial charge in [-0.15, -0.1) is 0 Å². The van der Waals surface area contributed by atoms with E-state index in [1.807, 2.05) is 6.07 Å². The Morgan fingerprint density at radius 2 is 2.04 bits per heavy atom. The third kappa shape index (κ3) is 3.35. The summed E-state index contributed by atoms with van der Waals surface area (Å²) in [6.07, 6.45) is 2.08. The first-order chi connectivity index (χ1) is 11.0. The highest BCUT2D eigenvalue weighted by atomic mass is 16.2. The smallest absolute Gasteiger partial charge is 0.238 e. The second-order valence-corrected chi connectivity index (χ2v) is 5.96. The van der Waals surface area contributed by atoms with Crippen LogP contribution in [0.3, 0.4) is 0 Å². The summed E-state index contributed by atoms with van der Waals surface area (Å²) >= 11 is 0. The molecule has 0 saturated carbocycles. The van der Waals surface area contributed by atoms with Crippen LogP contribution < -0.4 is 5.32 Å². The van der Waals surface area contributed by atoms with Crippen LogP contribution in [0.5, 0.6) is 0 Å². The van der Waals surface area contributed by atoms with E-state index in [1.165, 1.54) is 12.6 Å². The Labute approximate surface area is 135 Å². The van der Waals surface area contributed by atoms with E-state index in [0.29, 0.717) is 17.8 Å². The normalized spacial score (nSPS) is 17.6. The number of carbonyl (C=O) groups excluding carboxylic acids is 2. The molecular weight excluding hydrogens is 290 g/mol. The fourth-order valence-corrected chi connectivity index (χ4v) is 3.04. The Hall–Kier alpha value is -2.40. The number of ketones is 1. The third-order valence-corrected chi connectivity index (χ3v) is 4.37. The predicted octanol–water partition coefficient (Wildman–Crippen LogP) is 2.71. The third-order valence-electron chi connectivity index (χ3n) is 4.37. The van der Waals surface area contributed by atoms with Crippen molar-refractivity contribution < 1.29 is 9.59 Å². The summed E-state index contributed by atoms with van der Waals surface area (Å²) in [5, 5.41) is 2.88. The van der Waals surface area contributed by atoms with E-state index in [4.69, 9.17) is 0 Å². The first-order valence-electron chi connectivity index (χ1n) is 7.84. The maximum absolute atomic E-state index is 12.3. The number of benzene rings is 1. The van der Waals surface area contributed by atoms with Crippen LogP contribution in [-0.4, -0.2) is 34.2 Å². The molecule has 120 valence electrons. The average Bonchev–Trinajstić information content (AvgIpc) is 2.99. The molecule has 1 unspecified atom stereocenters. The van der Waals surface area contributed by atoms with Gasteiger partial charge >= 0.3 is 0 Å². The molecule has 1 aliphatic heterocycles. The number of carbonyl (C=O) groups is 2. The molecule has 2 heterocycles. The molecule has 0 aliphatic carbocycles. The largest absolute Gasteiger partial charge is 0.349 e. The lowest BCUT2D eigenvalue weighted by molar-refractivity contribution is -0.118. The van der Waals surface area contributed by atoms with Gasteiger partial charge in [-0.2, -0.15) is 0 Å². The Kier molecular flexibility index (Phi) is 4.30. The van der Waals surface area contributed by atoms with Crippen molar-refractivity contribution in [1.29, 1.82) is 0 Å². The number of fused-ring (bicyclic) bond motifs is 1. The van der Waals surface area contributed by atoms with Crippen LogP contribution in [0.4, 0.5) is 5.69 Å². The lowest BCUT2D eigenvalue weighted by atomic mass is 10.1. The van der Waals surface area contributed by atoms with Crippen LogP contribution >= 0.6 is 0 Å². The molecule has 1 aromatic heterocycles. The van der Waals surface area contributed by atoms with Crippen molar-refractivity contribution in [2.75, 3.05) is 18.4 Å². The standard InChI is InChI=1S/C18H21N3O2/c1-13-17-7-4-8-20(17)9-10-21(13)12-18(23)19-16-6-3-5-15(11-16)14(2)22/h3-8,11,13H,9-10,12H2,1-2H3,(H,19,23). The maximum Gasteiger partial charge on any atom is 0.238 e. The first kappa shape index (κ1) is 15.5. The van der Waals surface area contributed by atoms with Crippen LogP contribution in [0.25, 0.3) is 0 Å². The van der Waals surface area contributed by atoms with Crippen LogP contribution in [-0.2, 0) is 11.3 Å². The van der Waals surface area contributed by atoms with Crippen LogP contribution in [0.15, 0.2) is 42.6 Å². The van der Waals surface area contributed by atoms with Gasteiger partial charge < -0.3 is 9.88 Å². The number of rotatable bonds is 4. The minimum Gasteiger partial charge on any atom is -0.349 e. The topological polar surface area (TPSA) is 54.3 Å². The SMILES string of the molecule is CC(=O)c1cccc(NC(=O)CN2CCn3cccc3C2C)c1. The molecule has 23 heavy (non-hydrogen) atoms. The molecule has 1 aromatic carbocycles. The van der Waals surface area contributed by atoms with Gasteiger partial charge in [0, 0.05) is 42.3 Å². The summed E-state index contributed by atoms with van der Waals surface area (Å²) in [5.74, 6) is -0.0657. The van der Waals surface area contributed by atoms with E-state index >= 15 is 0 Å². The van der Waals surface area contributed by atoms with Gasteiger partial charge in [-0.05, 0) is 38.1 Å². The zero-order valence-corrected chi connectivity index (χ0v) is 13.5. The van der Waals surface area contributed by atoms with Crippen molar-refractivity contribution in [1.82, 2.24) is 9.47 Å². The van der Waals surface area contributed by atoms with E-state index in [-0.39, 0.29) is 17.7 Å². The molecule has 5 heteroatoms. The monoisotopic (exact) mass is 311 g/mol. The molecule has 1 N–H and O–H groups in total. The zero-order chi connectivity index (χ0) is 16.4. The molecule has 0 saturated heterocycles. The van der Waals surface area contributed by atoms with Crippen molar-refractivity contribution in [3.05, 3.63) is 53.9 Å². The Morgan fingerprint density at radius 3 is 2.83 bits per heavy atom. The van der Waals surface area contributed by atoms with E-state index in [2.05, 4.69) is 34.0 Å². The second-order valence-electron chi connectivity index (χ2n) is 5.96. The molecule has 0 bridgehead atoms. The van der Waals surface area contributed by atoms with Gasteiger partial charge in [0.05, 0.1) is 6.54 Å². The fraction of sp³-hybridized carbons (Fsp3) is 0.333. The number of hydrogen-bond donors (Lipinski definition) is 1. The number of amides is 1. The number of nitrogens with zero attached hydrogens (tertiary/aromatic N) is 2. The van der Waals surface area contributed by atoms with E-state index in [9.17, 15) is 9.59 Å². The quantitative estimate of drug-likeness (QED) is 0.883. The summed E-state index contributed by atoms with van der Waals surface area (Å²) in [4.78, 5) is 25.9. The second kappa shape index (κ2) is 6.38. The highest BCUT2D eigenvalue weighted by Crippen LogP contribution is 2.24. The molecule has 3 rings (SSSR count). The number of aromatic nitrogens is 1. The van der Waals surface area contributed by atoms with Gasteiger partial charge in [-0.1, -0.05) is 12.1 Å². The number of nitrogens with one attached hydrogen (secondary N) is 1. The van der Waals surface area contributed by atoms with Crippen molar-refractivity contribution >= 4 is 17.4 Å². The van der Waals surface area contributed by atoms with Gasteiger partial charge in [-0.3, -0.25) is 14.5 Å². The Balaban J connectivity index is 1.64. The zero-order valence-electron chi connectivity index (χ0n) is 13.5. The highest BCUT2D eigenvalue weighted by molar-refractivity contribution is 5.97. The molecular formula is C18H21N3O2. The molecule has 1 atom stereocenters. The molecule has 0 radical (unpaired) electrons. The van der Waals surface area contributed by atoms with Gasteiger partial charge in [0.15, 0.2) is 5.78 Å². The number of anilines is 1. The summed E-state index contributed by atoms with van der Waals surface area (Å²) < 4.78 is 2.23. The van der Waals surface area contributed by atoms with Crippen LogP contribution in [0.1, 0.15) is 35.9 Å². The van der Waals surface area contributed by atoms with Gasteiger partial charge in [0.1, 0.15) is 0 Å². The molecule has 0 spiro atoms. The van der Waals surface area contributed by atoms with Crippen molar-refractivity contribution in [2.45, 2.75) is 26.4 Å². The first-order valence-corrected chi connectivity index (χ1v) is 7.84. The van der Waals surface area contributed by atoms with E-state index in [1.54, 1.807) is 24.3 Å². The lowest BCUT2D eigenvalue weighted by Crippen LogP contribution is -2.41. The molecule has 1 amide bonds. The molecule has 0 fully saturated rings. The Bertz CT molecular complexity index is 735. The number of Topliss-reactive ketones (excluding diaryl/α,β-unsaturated/α-hetero) is 1. The van der Waals surface area contributed by atoms with Crippen LogP contribution in [0, 0.1) is 0 Å². The lowest BCUT2D eigenvalue weighted by Gasteiger charge is -2.34. The van der Waals surface area contributed by atoms with Crippen LogP contribution in [0.2, 0.25) is 0 Å². The summed E-state index contributed by atoms with van der Waals surface area (Å²) in [6, 6.07) is 11.4. The van der Waals surface area contributed by atoms with E-state index < -0.39 is 0 Å². The van der Waals surface area contributed by atoms with Gasteiger partial charge in [-0.25, -0.2) is 0 Å². The fourth-order valence-electron chi connectivity index (χ4n) is 3.04. The summed E-state index contributed by atoms with van der Waals surface area (Å²) in [6.45, 7) is 5.74. The minimum atomic E-state index is -0.0578. The van der Waals surface area contributed by atoms with Crippen molar-refractivity contribution in [2.24, 2.45) is 0 Å². The highest BCUT2D eigenvalue weighted by Gasteiger charge is 2.24. The van der Waals surface area contributed by atoms with E-state index in [0.717, 1.165) is 13.1 Å². The van der Waals surface area contributed by atoms with Gasteiger partial charge in [0.25, 0.3) is 0 Å². The average molecular weight is 311 g/mol. The molecule has 2 aromatic rings. The van der Waals surface area contributed by atoms with Gasteiger partial charge in [0.2, 0.25) is 5.91 Å². The summed E-state index contributed by atoms with van der Waals surface area (Å²) in [7, 11) is 0. The maximum atomic E-state index is 12.3. The van der Waals surface area contributed by atoms with Crippen molar-refractivity contribution in [3.8, 4) is 0 Å². The Morgan fingerprint density at radius 1 is 1.22 bits per heavy atom. The molecule has 5 nitrogen and oxygen atoms in total. The predicted molar refractivity (Wildman–Crippen MR) is 89.5 cm³/mol.